The Hall–Kier alpha value is -1.52. The summed E-state index contributed by atoms with van der Waals surface area (Å²) in [5.74, 6) is -0.168. The lowest BCUT2D eigenvalue weighted by Gasteiger charge is -2.05. The number of aryl methyl sites for hydroxylation is 1. The molecule has 78 valence electrons. The number of imidazole rings is 1. The van der Waals surface area contributed by atoms with E-state index < -0.39 is 0 Å². The predicted molar refractivity (Wildman–Crippen MR) is 56.3 cm³/mol. The molecule has 0 bridgehead atoms. The lowest BCUT2D eigenvalue weighted by atomic mass is 10.2. The van der Waals surface area contributed by atoms with Crippen LogP contribution >= 0.6 is 0 Å². The van der Waals surface area contributed by atoms with E-state index in [1.54, 1.807) is 0 Å². The summed E-state index contributed by atoms with van der Waals surface area (Å²) in [4.78, 5) is 4.80. The fourth-order valence-electron chi connectivity index (χ4n) is 1.02. The summed E-state index contributed by atoms with van der Waals surface area (Å²) in [6.07, 6.45) is 3.53. The maximum Gasteiger partial charge on any atom is 0.188 e. The van der Waals surface area contributed by atoms with Crippen LogP contribution < -0.4 is 10.6 Å². The Bertz CT molecular complexity index is 386. The molecule has 4 N–H and O–H groups in total. The average molecular weight is 199 g/mol. The van der Waals surface area contributed by atoms with Crippen LogP contribution in [0.1, 0.15) is 19.9 Å². The Kier molecular flexibility index (Phi) is 2.60. The summed E-state index contributed by atoms with van der Waals surface area (Å²) in [6, 6.07) is 0. The van der Waals surface area contributed by atoms with Crippen molar-refractivity contribution in [2.75, 3.05) is 13.6 Å². The fraction of sp³-hybridized carbons (Fsp3) is 0.556. The first-order chi connectivity index (χ1) is 8.41. The van der Waals surface area contributed by atoms with E-state index >= 15 is 0 Å². The second-order valence-electron chi connectivity index (χ2n) is 2.85. The van der Waals surface area contributed by atoms with Crippen molar-refractivity contribution in [1.82, 2.24) is 20.6 Å². The molecule has 5 heteroatoms. The van der Waals surface area contributed by atoms with Gasteiger partial charge in [0.05, 0.1) is 12.0 Å². The summed E-state index contributed by atoms with van der Waals surface area (Å²) in [7, 11) is 1.40. The number of aromatic nitrogens is 2. The molecule has 0 aliphatic carbocycles. The molecule has 0 aliphatic rings. The van der Waals surface area contributed by atoms with E-state index in [2.05, 4.69) is 4.98 Å². The van der Waals surface area contributed by atoms with Gasteiger partial charge in [-0.3, -0.25) is 5.41 Å². The van der Waals surface area contributed by atoms with Crippen LogP contribution in [0.2, 0.25) is 4.24 Å². The molecule has 0 fully saturated rings. The molecule has 0 saturated carbocycles. The smallest absolute Gasteiger partial charge is 0.188 e. The number of hydrogen-bond donors (Lipinski definition) is 4. The molecule has 0 unspecified atom stereocenters. The Morgan fingerprint density at radius 1 is 1.86 bits per heavy atom. The number of nitrogens with zero attached hydrogens (tertiary/aromatic N) is 1. The zero-order valence-corrected chi connectivity index (χ0v) is 8.19. The molecule has 0 aliphatic heterocycles. The number of nitrogens with one attached hydrogen (secondary N) is 4. The van der Waals surface area contributed by atoms with Gasteiger partial charge < -0.3 is 15.6 Å². The summed E-state index contributed by atoms with van der Waals surface area (Å²) in [6.45, 7) is 0.372. The molecular weight excluding hydrogens is 178 g/mol. The van der Waals surface area contributed by atoms with E-state index in [-0.39, 0.29) is 12.3 Å². The molecule has 0 spiro atoms. The van der Waals surface area contributed by atoms with Crippen molar-refractivity contribution in [3.8, 4) is 0 Å². The van der Waals surface area contributed by atoms with Crippen LogP contribution in [-0.2, 0) is 6.42 Å². The topological polar surface area (TPSA) is 76.6 Å². The average Bonchev–Trinajstić information content (AvgIpc) is 2.63. The Morgan fingerprint density at radius 3 is 3.36 bits per heavy atom. The van der Waals surface area contributed by atoms with E-state index in [0.717, 1.165) is 22.0 Å². The van der Waals surface area contributed by atoms with Gasteiger partial charge in [0, 0.05) is 19.8 Å². The number of H-pyrrole nitrogens is 1. The molecule has 1 rings (SSSR count). The third-order valence-electron chi connectivity index (χ3n) is 1.78. The monoisotopic (exact) mass is 199 g/mol. The maximum atomic E-state index is 7.50. The highest BCUT2D eigenvalue weighted by molar-refractivity contribution is 5.75. The van der Waals surface area contributed by atoms with Crippen LogP contribution in [0, 0.1) is 5.41 Å². The van der Waals surface area contributed by atoms with Crippen molar-refractivity contribution in [3.63, 3.8) is 0 Å². The quantitative estimate of drug-likeness (QED) is 0.316. The molecule has 1 aromatic heterocycles. The van der Waals surface area contributed by atoms with Gasteiger partial charge in [-0.25, -0.2) is 4.98 Å². The molecule has 0 atom stereocenters. The number of aromatic amines is 1. The molecule has 1 heterocycles. The van der Waals surface area contributed by atoms with Crippen LogP contribution in [0.15, 0.2) is 12.5 Å². The number of hydrogen-bond acceptors (Lipinski definition) is 2. The first kappa shape index (κ1) is 6.06. The number of unbranched alkanes of at least 4 members (excludes halogenated alkanes) is 1. The van der Waals surface area contributed by atoms with Crippen LogP contribution in [0.3, 0.4) is 0 Å². The second kappa shape index (κ2) is 6.01. The minimum atomic E-state index is -0.168. The Labute approximate surface area is 89.6 Å². The van der Waals surface area contributed by atoms with Gasteiger partial charge in [0.2, 0.25) is 0 Å². The van der Waals surface area contributed by atoms with Gasteiger partial charge in [-0.1, -0.05) is 0 Å². The highest BCUT2D eigenvalue weighted by atomic mass is 15.1. The van der Waals surface area contributed by atoms with Gasteiger partial charge in [0.15, 0.2) is 10.2 Å². The normalized spacial score (nSPS) is 13.8. The summed E-state index contributed by atoms with van der Waals surface area (Å²) in [5, 5.41) is 9.19. The van der Waals surface area contributed by atoms with Crippen molar-refractivity contribution in [2.24, 2.45) is 0 Å². The van der Waals surface area contributed by atoms with E-state index in [4.69, 9.17) is 11.0 Å². The van der Waals surface area contributed by atoms with Gasteiger partial charge in [-0.2, -0.15) is 0 Å². The van der Waals surface area contributed by atoms with Crippen LogP contribution in [-0.4, -0.2) is 29.5 Å². The number of guanidine groups is 1. The van der Waals surface area contributed by atoms with E-state index in [1.165, 1.54) is 13.2 Å². The van der Waals surface area contributed by atoms with Crippen molar-refractivity contribution in [1.29, 1.82) is 5.41 Å². The summed E-state index contributed by atoms with van der Waals surface area (Å²) in [5.41, 5.74) is 0.694. The van der Waals surface area contributed by atoms with Crippen molar-refractivity contribution >= 4 is 5.96 Å². The second-order valence-corrected chi connectivity index (χ2v) is 2.85. The van der Waals surface area contributed by atoms with Crippen LogP contribution in [0.25, 0.3) is 0 Å². The molecule has 0 radical (unpaired) electrons. The van der Waals surface area contributed by atoms with Crippen LogP contribution in [0.4, 0.5) is 0 Å². The lowest BCUT2D eigenvalue weighted by Crippen LogP contribution is -2.34. The molecule has 0 amide bonds. The van der Waals surface area contributed by atoms with Gasteiger partial charge in [0.25, 0.3) is 0 Å². The standard InChI is InChI=1S/C9H17N5/c1-11-9(10)13-5-3-2-4-8-6-12-7-14-8/h6-7H,2-5H2,1H3,(H,12,14)(H3,10,11,13)/i7D/hD3. The van der Waals surface area contributed by atoms with Gasteiger partial charge >= 0.3 is 0 Å². The van der Waals surface area contributed by atoms with E-state index in [0.29, 0.717) is 25.1 Å². The minimum Gasteiger partial charge on any atom is -0.360 e. The van der Waals surface area contributed by atoms with Gasteiger partial charge in [-0.15, -0.1) is 0 Å². The third-order valence-corrected chi connectivity index (χ3v) is 1.78. The Balaban J connectivity index is 2.25. The molecule has 0 aromatic carbocycles. The fourth-order valence-corrected chi connectivity index (χ4v) is 1.02. The van der Waals surface area contributed by atoms with Crippen LogP contribution in [0.5, 0.6) is 0 Å². The summed E-state index contributed by atoms with van der Waals surface area (Å²) < 4.78 is 29.2. The number of rotatable bonds is 5. The maximum absolute atomic E-state index is 7.50. The first-order valence-electron chi connectivity index (χ1n) is 6.37. The first-order valence-corrected chi connectivity index (χ1v) is 4.53. The summed E-state index contributed by atoms with van der Waals surface area (Å²) >= 11 is 0. The van der Waals surface area contributed by atoms with Crippen molar-refractivity contribution in [3.05, 3.63) is 18.2 Å². The van der Waals surface area contributed by atoms with E-state index in [1.807, 2.05) is 0 Å². The zero-order valence-electron chi connectivity index (χ0n) is 12.2. The van der Waals surface area contributed by atoms with Gasteiger partial charge in [-0.05, 0) is 19.3 Å². The minimum absolute atomic E-state index is 0.0790. The zero-order chi connectivity index (χ0) is 13.7. The highest BCUT2D eigenvalue weighted by Gasteiger charge is 1.95. The SMILES string of the molecule is [2H]c1nc(CCCCN([2H])C(=N)N([2H])C)cn1[2H]. The molecule has 1 aromatic rings. The highest BCUT2D eigenvalue weighted by Crippen LogP contribution is 1.98. The predicted octanol–water partition coefficient (Wildman–Crippen LogP) is 0.476. The molecular formula is C9H17N5. The van der Waals surface area contributed by atoms with E-state index in [9.17, 15) is 0 Å². The van der Waals surface area contributed by atoms with Gasteiger partial charge in [0.1, 0.15) is 1.37 Å². The molecule has 0 saturated heterocycles. The van der Waals surface area contributed by atoms with Crippen molar-refractivity contribution < 1.29 is 5.61 Å². The third kappa shape index (κ3) is 3.93. The molecule has 5 nitrogen and oxygen atoms in total. The Morgan fingerprint density at radius 2 is 2.71 bits per heavy atom. The van der Waals surface area contributed by atoms with Crippen molar-refractivity contribution in [2.45, 2.75) is 19.3 Å². The molecule has 14 heavy (non-hydrogen) atoms. The largest absolute Gasteiger partial charge is 0.360 e. The lowest BCUT2D eigenvalue weighted by molar-refractivity contribution is 0.693.